The summed E-state index contributed by atoms with van der Waals surface area (Å²) in [5.41, 5.74) is 0.770. The minimum absolute atomic E-state index is 0.224. The van der Waals surface area contributed by atoms with Gasteiger partial charge in [-0.05, 0) is 40.2 Å². The molecule has 2 N–H and O–H groups in total. The number of aromatic amines is 1. The van der Waals surface area contributed by atoms with E-state index < -0.39 is 5.60 Å². The number of aromatic nitrogens is 2. The molecule has 7 heteroatoms. The van der Waals surface area contributed by atoms with Crippen molar-refractivity contribution in [2.24, 2.45) is 0 Å². The van der Waals surface area contributed by atoms with Crippen LogP contribution in [0.2, 0.25) is 0 Å². The van der Waals surface area contributed by atoms with Crippen LogP contribution >= 0.6 is 0 Å². The molecule has 1 aromatic rings. The van der Waals surface area contributed by atoms with Crippen molar-refractivity contribution in [3.63, 3.8) is 0 Å². The van der Waals surface area contributed by atoms with Crippen LogP contribution in [0, 0.1) is 0 Å². The first kappa shape index (κ1) is 17.1. The van der Waals surface area contributed by atoms with Gasteiger partial charge in [0.1, 0.15) is 5.60 Å². The van der Waals surface area contributed by atoms with Crippen molar-refractivity contribution >= 4 is 11.9 Å². The minimum atomic E-state index is -0.445. The third-order valence-corrected chi connectivity index (χ3v) is 4.58. The maximum Gasteiger partial charge on any atom is 0.410 e. The molecule has 3 rings (SSSR count). The number of piperidine rings is 1. The summed E-state index contributed by atoms with van der Waals surface area (Å²) >= 11 is 0. The molecular weight excluding hydrogens is 306 g/mol. The van der Waals surface area contributed by atoms with Crippen LogP contribution in [0.25, 0.3) is 0 Å². The Morgan fingerprint density at radius 3 is 2.67 bits per heavy atom. The van der Waals surface area contributed by atoms with E-state index in [9.17, 15) is 4.79 Å². The lowest BCUT2D eigenvalue weighted by Gasteiger charge is -2.35. The largest absolute Gasteiger partial charge is 0.444 e. The number of H-pyrrole nitrogens is 1. The highest BCUT2D eigenvalue weighted by Crippen LogP contribution is 2.25. The van der Waals surface area contributed by atoms with E-state index in [0.717, 1.165) is 32.0 Å². The number of hydrogen-bond acceptors (Lipinski definition) is 5. The van der Waals surface area contributed by atoms with Crippen molar-refractivity contribution in [1.29, 1.82) is 0 Å². The van der Waals surface area contributed by atoms with Gasteiger partial charge >= 0.3 is 6.09 Å². The molecule has 0 saturated carbocycles. The lowest BCUT2D eigenvalue weighted by atomic mass is 9.96. The van der Waals surface area contributed by atoms with Gasteiger partial charge in [0.15, 0.2) is 5.82 Å². The Labute approximate surface area is 143 Å². The summed E-state index contributed by atoms with van der Waals surface area (Å²) in [6.45, 7) is 10.7. The van der Waals surface area contributed by atoms with E-state index in [1.54, 1.807) is 4.90 Å². The van der Waals surface area contributed by atoms with E-state index in [1.807, 2.05) is 20.8 Å². The average molecular weight is 335 g/mol. The smallest absolute Gasteiger partial charge is 0.410 e. The molecule has 0 spiro atoms. The molecule has 0 radical (unpaired) electrons. The average Bonchev–Trinajstić information content (AvgIpc) is 3.04. The number of hydrogen-bond donors (Lipinski definition) is 2. The third-order valence-electron chi connectivity index (χ3n) is 4.58. The van der Waals surface area contributed by atoms with Crippen molar-refractivity contribution in [2.75, 3.05) is 44.2 Å². The number of anilines is 1. The van der Waals surface area contributed by atoms with E-state index in [0.29, 0.717) is 19.0 Å². The first-order chi connectivity index (χ1) is 11.4. The second-order valence-corrected chi connectivity index (χ2v) is 7.68. The molecule has 3 heterocycles. The van der Waals surface area contributed by atoms with Gasteiger partial charge in [-0.3, -0.25) is 5.10 Å². The summed E-state index contributed by atoms with van der Waals surface area (Å²) in [6, 6.07) is 2.17. The molecule has 7 nitrogen and oxygen atoms in total. The van der Waals surface area contributed by atoms with Crippen molar-refractivity contribution in [3.8, 4) is 0 Å². The Morgan fingerprint density at radius 1 is 1.29 bits per heavy atom. The summed E-state index contributed by atoms with van der Waals surface area (Å²) < 4.78 is 5.44. The number of carbonyl (C=O) groups is 1. The van der Waals surface area contributed by atoms with Crippen LogP contribution in [0.4, 0.5) is 10.6 Å². The fraction of sp³-hybridized carbons (Fsp3) is 0.765. The predicted octanol–water partition coefficient (Wildman–Crippen LogP) is 1.93. The van der Waals surface area contributed by atoms with Gasteiger partial charge in [-0.2, -0.15) is 5.10 Å². The van der Waals surface area contributed by atoms with Crippen LogP contribution < -0.4 is 10.2 Å². The van der Waals surface area contributed by atoms with E-state index >= 15 is 0 Å². The normalized spacial score (nSPS) is 22.5. The van der Waals surface area contributed by atoms with E-state index in [2.05, 4.69) is 26.5 Å². The van der Waals surface area contributed by atoms with Crippen LogP contribution in [0.5, 0.6) is 0 Å². The number of rotatable bonds is 2. The molecule has 0 unspecified atom stereocenters. The minimum Gasteiger partial charge on any atom is -0.444 e. The summed E-state index contributed by atoms with van der Waals surface area (Å²) in [4.78, 5) is 16.1. The molecule has 2 aliphatic rings. The zero-order chi connectivity index (χ0) is 17.2. The van der Waals surface area contributed by atoms with Crippen LogP contribution in [0.3, 0.4) is 0 Å². The molecule has 2 saturated heterocycles. The Morgan fingerprint density at radius 2 is 2.04 bits per heavy atom. The Kier molecular flexibility index (Phi) is 4.99. The first-order valence-electron chi connectivity index (χ1n) is 8.91. The standard InChI is InChI=1S/C17H29N5O2/c1-17(2,3)24-16(23)22-9-7-21(8-10-22)15-11-14(19-20-15)13-5-4-6-18-12-13/h11,13,18H,4-10,12H2,1-3H3,(H,19,20)/t13-/m1/s1. The molecule has 0 aliphatic carbocycles. The van der Waals surface area contributed by atoms with Gasteiger partial charge in [0.25, 0.3) is 0 Å². The molecule has 134 valence electrons. The summed E-state index contributed by atoms with van der Waals surface area (Å²) in [6.07, 6.45) is 2.20. The van der Waals surface area contributed by atoms with Gasteiger partial charge in [0.05, 0.1) is 0 Å². The van der Waals surface area contributed by atoms with Gasteiger partial charge in [-0.15, -0.1) is 0 Å². The zero-order valence-electron chi connectivity index (χ0n) is 15.0. The number of nitrogens with one attached hydrogen (secondary N) is 2. The van der Waals surface area contributed by atoms with Gasteiger partial charge in [0.2, 0.25) is 0 Å². The van der Waals surface area contributed by atoms with Crippen LogP contribution in [-0.4, -0.2) is 66.1 Å². The van der Waals surface area contributed by atoms with Crippen molar-refractivity contribution < 1.29 is 9.53 Å². The lowest BCUT2D eigenvalue weighted by molar-refractivity contribution is 0.0240. The van der Waals surface area contributed by atoms with Crippen LogP contribution in [0.15, 0.2) is 6.07 Å². The molecule has 2 aliphatic heterocycles. The van der Waals surface area contributed by atoms with Crippen molar-refractivity contribution in [2.45, 2.75) is 45.1 Å². The van der Waals surface area contributed by atoms with Crippen molar-refractivity contribution in [1.82, 2.24) is 20.4 Å². The number of piperazine rings is 1. The van der Waals surface area contributed by atoms with Crippen LogP contribution in [-0.2, 0) is 4.74 Å². The van der Waals surface area contributed by atoms with E-state index in [4.69, 9.17) is 4.74 Å². The fourth-order valence-corrected chi connectivity index (χ4v) is 3.26. The van der Waals surface area contributed by atoms with Crippen molar-refractivity contribution in [3.05, 3.63) is 11.8 Å². The van der Waals surface area contributed by atoms with Gasteiger partial charge in [0, 0.05) is 50.4 Å². The molecule has 0 bridgehead atoms. The quantitative estimate of drug-likeness (QED) is 0.864. The monoisotopic (exact) mass is 335 g/mol. The number of ether oxygens (including phenoxy) is 1. The highest BCUT2D eigenvalue weighted by atomic mass is 16.6. The molecule has 1 atom stereocenters. The molecule has 24 heavy (non-hydrogen) atoms. The SMILES string of the molecule is CC(C)(C)OC(=O)N1CCN(c2cc([C@@H]3CCCNC3)[nH]n2)CC1. The highest BCUT2D eigenvalue weighted by molar-refractivity contribution is 5.68. The molecular formula is C17H29N5O2. The highest BCUT2D eigenvalue weighted by Gasteiger charge is 2.27. The Hall–Kier alpha value is -1.76. The Balaban J connectivity index is 1.53. The summed E-state index contributed by atoms with van der Waals surface area (Å²) in [7, 11) is 0. The van der Waals surface area contributed by atoms with E-state index in [-0.39, 0.29) is 6.09 Å². The lowest BCUT2D eigenvalue weighted by Crippen LogP contribution is -2.50. The first-order valence-corrected chi connectivity index (χ1v) is 8.91. The summed E-state index contributed by atoms with van der Waals surface area (Å²) in [5, 5.41) is 11.1. The third kappa shape index (κ3) is 4.20. The molecule has 0 aromatic carbocycles. The Bertz CT molecular complexity index is 552. The maximum absolute atomic E-state index is 12.1. The maximum atomic E-state index is 12.1. The van der Waals surface area contributed by atoms with Crippen LogP contribution in [0.1, 0.15) is 45.2 Å². The predicted molar refractivity (Wildman–Crippen MR) is 93.5 cm³/mol. The number of amides is 1. The summed E-state index contributed by atoms with van der Waals surface area (Å²) in [5.74, 6) is 1.52. The second kappa shape index (κ2) is 7.01. The fourth-order valence-electron chi connectivity index (χ4n) is 3.26. The van der Waals surface area contributed by atoms with Gasteiger partial charge in [-0.1, -0.05) is 0 Å². The van der Waals surface area contributed by atoms with Gasteiger partial charge < -0.3 is 19.9 Å². The molecule has 1 aromatic heterocycles. The second-order valence-electron chi connectivity index (χ2n) is 7.68. The molecule has 2 fully saturated rings. The topological polar surface area (TPSA) is 73.5 Å². The van der Waals surface area contributed by atoms with E-state index in [1.165, 1.54) is 18.5 Å². The number of carbonyl (C=O) groups excluding carboxylic acids is 1. The molecule has 1 amide bonds. The number of nitrogens with zero attached hydrogens (tertiary/aromatic N) is 3. The zero-order valence-corrected chi connectivity index (χ0v) is 15.0. The van der Waals surface area contributed by atoms with Gasteiger partial charge in [-0.25, -0.2) is 4.79 Å².